The van der Waals surface area contributed by atoms with Crippen LogP contribution in [-0.2, 0) is 33.3 Å². The van der Waals surface area contributed by atoms with E-state index in [-0.39, 0.29) is 32.2 Å². The first kappa shape index (κ1) is 71.5. The number of carboxylic acid groups (broad SMARTS) is 1. The van der Waals surface area contributed by atoms with Crippen molar-refractivity contribution in [3.8, 4) is 0 Å². The molecule has 1 N–H and O–H groups in total. The second-order valence-electron chi connectivity index (χ2n) is 21.6. The zero-order valence-electron chi connectivity index (χ0n) is 49.2. The van der Waals surface area contributed by atoms with Gasteiger partial charge in [0.15, 0.2) is 6.10 Å². The summed E-state index contributed by atoms with van der Waals surface area (Å²) < 4.78 is 22.8. The van der Waals surface area contributed by atoms with Gasteiger partial charge < -0.3 is 28.5 Å². The molecule has 0 aliphatic carbocycles. The van der Waals surface area contributed by atoms with Crippen LogP contribution in [0.1, 0.15) is 258 Å². The van der Waals surface area contributed by atoms with Crippen molar-refractivity contribution in [3.63, 3.8) is 0 Å². The molecule has 0 aliphatic heterocycles. The average Bonchev–Trinajstić information content (AvgIpc) is 3.38. The monoisotopic (exact) mass is 1050 g/mol. The van der Waals surface area contributed by atoms with Crippen LogP contribution in [0.25, 0.3) is 0 Å². The second kappa shape index (κ2) is 56.7. The Labute approximate surface area is 461 Å². The molecule has 2 unspecified atom stereocenters. The maximum Gasteiger partial charge on any atom is 0.361 e. The highest BCUT2D eigenvalue weighted by atomic mass is 16.7. The van der Waals surface area contributed by atoms with Crippen LogP contribution in [0.4, 0.5) is 0 Å². The Morgan fingerprint density at radius 1 is 0.413 bits per heavy atom. The number of esters is 2. The maximum atomic E-state index is 12.9. The Bertz CT molecular complexity index is 1500. The number of carbonyl (C=O) groups excluding carboxylic acids is 2. The lowest BCUT2D eigenvalue weighted by molar-refractivity contribution is -0.870. The number of carbonyl (C=O) groups is 3. The topological polar surface area (TPSA) is 108 Å². The normalized spacial score (nSPS) is 13.3. The van der Waals surface area contributed by atoms with Gasteiger partial charge in [-0.25, -0.2) is 4.79 Å². The number of allylic oxidation sites excluding steroid dienone is 14. The van der Waals surface area contributed by atoms with E-state index in [0.717, 1.165) is 70.6 Å². The van der Waals surface area contributed by atoms with Gasteiger partial charge in [-0.3, -0.25) is 9.59 Å². The van der Waals surface area contributed by atoms with Crippen LogP contribution in [0.2, 0.25) is 0 Å². The Kier molecular flexibility index (Phi) is 54.0. The molecule has 0 rings (SSSR count). The smallest absolute Gasteiger partial charge is 0.361 e. The number of rotatable bonds is 56. The number of likely N-dealkylation sites (N-methyl/N-ethyl adjacent to an activating group) is 1. The minimum Gasteiger partial charge on any atom is -0.477 e. The number of unbranched alkanes of at least 4 members (excludes halogenated alkanes) is 27. The summed E-state index contributed by atoms with van der Waals surface area (Å²) >= 11 is 0. The van der Waals surface area contributed by atoms with Gasteiger partial charge in [-0.2, -0.15) is 0 Å². The first-order valence-electron chi connectivity index (χ1n) is 30.8. The average molecular weight is 1050 g/mol. The third kappa shape index (κ3) is 58.0. The lowest BCUT2D eigenvalue weighted by Crippen LogP contribution is -2.40. The van der Waals surface area contributed by atoms with Crippen molar-refractivity contribution in [2.24, 2.45) is 0 Å². The van der Waals surface area contributed by atoms with Gasteiger partial charge in [0.25, 0.3) is 6.29 Å². The number of hydrogen-bond donors (Lipinski definition) is 1. The van der Waals surface area contributed by atoms with Crippen LogP contribution in [0.5, 0.6) is 0 Å². The molecule has 0 aromatic carbocycles. The number of ether oxygens (including phenoxy) is 4. The van der Waals surface area contributed by atoms with E-state index in [4.69, 9.17) is 18.9 Å². The number of aliphatic carboxylic acids is 1. The molecular formula is C66H116NO8+. The minimum absolute atomic E-state index is 0.176. The molecule has 0 heterocycles. The van der Waals surface area contributed by atoms with Crippen molar-refractivity contribution >= 4 is 17.9 Å². The summed E-state index contributed by atoms with van der Waals surface area (Å²) in [5, 5.41) is 9.71. The van der Waals surface area contributed by atoms with E-state index in [1.165, 1.54) is 154 Å². The summed E-state index contributed by atoms with van der Waals surface area (Å²) in [6, 6.07) is 0. The van der Waals surface area contributed by atoms with Crippen molar-refractivity contribution in [3.05, 3.63) is 85.1 Å². The summed E-state index contributed by atoms with van der Waals surface area (Å²) in [5.41, 5.74) is 0. The predicted molar refractivity (Wildman–Crippen MR) is 318 cm³/mol. The third-order valence-corrected chi connectivity index (χ3v) is 13.1. The van der Waals surface area contributed by atoms with Crippen molar-refractivity contribution in [2.45, 2.75) is 270 Å². The molecule has 0 saturated carbocycles. The van der Waals surface area contributed by atoms with Crippen LogP contribution in [0.3, 0.4) is 0 Å². The Hall–Kier alpha value is -3.53. The Balaban J connectivity index is 4.22. The Morgan fingerprint density at radius 3 is 1.17 bits per heavy atom. The van der Waals surface area contributed by atoms with Crippen molar-refractivity contribution in [1.82, 2.24) is 0 Å². The molecule has 9 nitrogen and oxygen atoms in total. The number of quaternary nitrogens is 1. The SMILES string of the molecule is CC/C=C\C/C=C\C/C=C\C/C=C\C/C=C\C/C=C\CCCCC(=O)OC(COC(=O)CCCCCCCCCCCCCCCCCCC/C=C\CCCCCCCCCC)COC(OCC[N+](C)(C)C)C(=O)O. The molecule has 0 amide bonds. The van der Waals surface area contributed by atoms with Gasteiger partial charge in [0, 0.05) is 12.8 Å². The molecule has 75 heavy (non-hydrogen) atoms. The lowest BCUT2D eigenvalue weighted by Gasteiger charge is -2.25. The summed E-state index contributed by atoms with van der Waals surface area (Å²) in [5.74, 6) is -2.06. The molecule has 0 bridgehead atoms. The van der Waals surface area contributed by atoms with Gasteiger partial charge in [-0.15, -0.1) is 0 Å². The summed E-state index contributed by atoms with van der Waals surface area (Å²) in [6.45, 7) is 4.73. The van der Waals surface area contributed by atoms with E-state index in [1.54, 1.807) is 0 Å². The van der Waals surface area contributed by atoms with Crippen LogP contribution in [0, 0.1) is 0 Å². The van der Waals surface area contributed by atoms with Gasteiger partial charge in [-0.05, 0) is 89.9 Å². The largest absolute Gasteiger partial charge is 0.477 e. The molecule has 0 aliphatic rings. The molecular weight excluding hydrogens is 935 g/mol. The fourth-order valence-electron chi connectivity index (χ4n) is 8.42. The van der Waals surface area contributed by atoms with Gasteiger partial charge in [0.1, 0.15) is 13.2 Å². The number of nitrogens with zero attached hydrogens (tertiary/aromatic N) is 1. The van der Waals surface area contributed by atoms with Crippen molar-refractivity contribution in [1.29, 1.82) is 0 Å². The van der Waals surface area contributed by atoms with Crippen molar-refractivity contribution in [2.75, 3.05) is 47.5 Å². The second-order valence-corrected chi connectivity index (χ2v) is 21.6. The van der Waals surface area contributed by atoms with Crippen LogP contribution >= 0.6 is 0 Å². The quantitative estimate of drug-likeness (QED) is 0.0211. The van der Waals surface area contributed by atoms with Crippen LogP contribution in [-0.4, -0.2) is 87.4 Å². The molecule has 0 radical (unpaired) electrons. The first-order valence-corrected chi connectivity index (χ1v) is 30.8. The maximum absolute atomic E-state index is 12.9. The molecule has 9 heteroatoms. The zero-order valence-corrected chi connectivity index (χ0v) is 49.2. The highest BCUT2D eigenvalue weighted by Gasteiger charge is 2.25. The molecule has 2 atom stereocenters. The highest BCUT2D eigenvalue weighted by Crippen LogP contribution is 2.16. The molecule has 0 spiro atoms. The van der Waals surface area contributed by atoms with E-state index in [2.05, 4.69) is 98.9 Å². The fourth-order valence-corrected chi connectivity index (χ4v) is 8.42. The number of hydrogen-bond acceptors (Lipinski definition) is 7. The molecule has 0 fully saturated rings. The highest BCUT2D eigenvalue weighted by molar-refractivity contribution is 5.71. The fraction of sp³-hybridized carbons (Fsp3) is 0.742. The summed E-state index contributed by atoms with van der Waals surface area (Å²) in [4.78, 5) is 37.4. The summed E-state index contributed by atoms with van der Waals surface area (Å²) in [6.07, 6.45) is 72.5. The molecule has 0 saturated heterocycles. The molecule has 0 aromatic heterocycles. The van der Waals surface area contributed by atoms with E-state index in [9.17, 15) is 19.5 Å². The first-order chi connectivity index (χ1) is 36.6. The third-order valence-electron chi connectivity index (χ3n) is 13.1. The van der Waals surface area contributed by atoms with Gasteiger partial charge in [0.05, 0.1) is 34.4 Å². The van der Waals surface area contributed by atoms with Crippen LogP contribution < -0.4 is 0 Å². The zero-order chi connectivity index (χ0) is 54.8. The number of carboxylic acids is 1. The predicted octanol–water partition coefficient (Wildman–Crippen LogP) is 18.3. The van der Waals surface area contributed by atoms with E-state index >= 15 is 0 Å². The van der Waals surface area contributed by atoms with Gasteiger partial charge in [0.2, 0.25) is 0 Å². The van der Waals surface area contributed by atoms with Crippen molar-refractivity contribution < 1.29 is 42.9 Å². The lowest BCUT2D eigenvalue weighted by atomic mass is 10.0. The van der Waals surface area contributed by atoms with Gasteiger partial charge in [-0.1, -0.05) is 240 Å². The summed E-state index contributed by atoms with van der Waals surface area (Å²) in [7, 11) is 5.95. The minimum atomic E-state index is -1.53. The van der Waals surface area contributed by atoms with E-state index in [0.29, 0.717) is 23.9 Å². The van der Waals surface area contributed by atoms with Crippen LogP contribution in [0.15, 0.2) is 85.1 Å². The molecule has 0 aromatic rings. The molecule has 432 valence electrons. The standard InChI is InChI=1S/C66H115NO8/c1-6-8-10-12-14-16-18-20-22-24-26-28-29-30-31-32-33-34-35-37-38-40-42-44-46-48-50-52-54-56-63(68)73-60-62(61-74-66(65(70)71)72-59-58-67(3,4)5)75-64(69)57-55-53-51-49-47-45-43-41-39-36-27-25-23-21-19-17-15-13-11-9-7-2/h9,11,15,17,21,23-24,26-27,36,41,43,47,49,62,66H,6-8,10,12-14,16,18-20,22,25,28-35,37-40,42,44-46,48,50-61H2,1-5H3/p+1/b11-9-,17-15-,23-21-,26-24-,36-27-,43-41-,49-47-. The van der Waals surface area contributed by atoms with E-state index < -0.39 is 24.3 Å². The Morgan fingerprint density at radius 2 is 0.760 bits per heavy atom. The van der Waals surface area contributed by atoms with E-state index in [1.807, 2.05) is 21.1 Å². The van der Waals surface area contributed by atoms with Gasteiger partial charge >= 0.3 is 17.9 Å².